The Labute approximate surface area is 99.5 Å². The van der Waals surface area contributed by atoms with E-state index in [9.17, 15) is 0 Å². The second-order valence-electron chi connectivity index (χ2n) is 5.35. The Morgan fingerprint density at radius 3 is 2.56 bits per heavy atom. The van der Waals surface area contributed by atoms with E-state index in [1.807, 2.05) is 0 Å². The zero-order valence-electron chi connectivity index (χ0n) is 10.7. The molecule has 0 aliphatic carbocycles. The lowest BCUT2D eigenvalue weighted by Gasteiger charge is -2.33. The average Bonchev–Trinajstić information content (AvgIpc) is 2.68. The van der Waals surface area contributed by atoms with Crippen LogP contribution in [0.4, 0.5) is 0 Å². The number of nitrogens with one attached hydrogen (secondary N) is 1. The summed E-state index contributed by atoms with van der Waals surface area (Å²) in [5.41, 5.74) is 0. The molecule has 2 aliphatic heterocycles. The molecular weight excluding hydrogens is 200 g/mol. The zero-order chi connectivity index (χ0) is 11.4. The highest BCUT2D eigenvalue weighted by atomic mass is 16.5. The zero-order valence-corrected chi connectivity index (χ0v) is 10.7. The first kappa shape index (κ1) is 12.3. The standard InChI is InChI=1S/C13H26N2O/c1-3-16-13-4-6-15(7-5-13)10-12-9-14-8-11(12)2/h11-14H,3-10H2,1-2H3. The van der Waals surface area contributed by atoms with E-state index in [4.69, 9.17) is 4.74 Å². The normalized spacial score (nSPS) is 33.4. The molecular formula is C13H26N2O. The predicted molar refractivity (Wildman–Crippen MR) is 66.6 cm³/mol. The van der Waals surface area contributed by atoms with Gasteiger partial charge in [0.1, 0.15) is 0 Å². The summed E-state index contributed by atoms with van der Waals surface area (Å²) in [6, 6.07) is 0. The quantitative estimate of drug-likeness (QED) is 0.783. The second kappa shape index (κ2) is 5.99. The van der Waals surface area contributed by atoms with E-state index in [1.165, 1.54) is 45.6 Å². The van der Waals surface area contributed by atoms with Gasteiger partial charge in [0.2, 0.25) is 0 Å². The van der Waals surface area contributed by atoms with Crippen molar-refractivity contribution in [3.8, 4) is 0 Å². The van der Waals surface area contributed by atoms with Crippen LogP contribution in [-0.4, -0.2) is 50.3 Å². The molecule has 2 unspecified atom stereocenters. The Morgan fingerprint density at radius 1 is 1.25 bits per heavy atom. The SMILES string of the molecule is CCOC1CCN(CC2CNCC2C)CC1. The van der Waals surface area contributed by atoms with Crippen molar-refractivity contribution < 1.29 is 4.74 Å². The van der Waals surface area contributed by atoms with Gasteiger partial charge in [0.05, 0.1) is 6.10 Å². The van der Waals surface area contributed by atoms with E-state index in [1.54, 1.807) is 0 Å². The minimum Gasteiger partial charge on any atom is -0.378 e. The molecule has 94 valence electrons. The van der Waals surface area contributed by atoms with Crippen molar-refractivity contribution in [2.75, 3.05) is 39.3 Å². The highest BCUT2D eigenvalue weighted by Gasteiger charge is 2.27. The Hall–Kier alpha value is -0.120. The molecule has 2 aliphatic rings. The molecule has 0 radical (unpaired) electrons. The maximum absolute atomic E-state index is 5.68. The summed E-state index contributed by atoms with van der Waals surface area (Å²) in [5, 5.41) is 3.49. The first-order valence-electron chi connectivity index (χ1n) is 6.84. The van der Waals surface area contributed by atoms with Gasteiger partial charge in [-0.2, -0.15) is 0 Å². The Morgan fingerprint density at radius 2 is 2.00 bits per heavy atom. The van der Waals surface area contributed by atoms with Crippen LogP contribution in [0.3, 0.4) is 0 Å². The Bertz CT molecular complexity index is 202. The number of rotatable bonds is 4. The topological polar surface area (TPSA) is 24.5 Å². The highest BCUT2D eigenvalue weighted by molar-refractivity contribution is 4.82. The van der Waals surface area contributed by atoms with E-state index < -0.39 is 0 Å². The Balaban J connectivity index is 1.68. The molecule has 0 aromatic rings. The lowest BCUT2D eigenvalue weighted by atomic mass is 9.96. The molecule has 2 rings (SSSR count). The molecule has 0 aromatic heterocycles. The fraction of sp³-hybridized carbons (Fsp3) is 1.00. The van der Waals surface area contributed by atoms with Gasteiger partial charge in [0.25, 0.3) is 0 Å². The maximum atomic E-state index is 5.68. The molecule has 1 N–H and O–H groups in total. The summed E-state index contributed by atoms with van der Waals surface area (Å²) in [7, 11) is 0. The molecule has 3 heteroatoms. The van der Waals surface area contributed by atoms with Crippen LogP contribution in [0.25, 0.3) is 0 Å². The third kappa shape index (κ3) is 3.19. The highest BCUT2D eigenvalue weighted by Crippen LogP contribution is 2.20. The van der Waals surface area contributed by atoms with Crippen molar-refractivity contribution in [3.63, 3.8) is 0 Å². The van der Waals surface area contributed by atoms with Gasteiger partial charge in [0, 0.05) is 26.2 Å². The van der Waals surface area contributed by atoms with Gasteiger partial charge >= 0.3 is 0 Å². The summed E-state index contributed by atoms with van der Waals surface area (Å²) in [4.78, 5) is 2.63. The summed E-state index contributed by atoms with van der Waals surface area (Å²) in [5.74, 6) is 1.72. The largest absolute Gasteiger partial charge is 0.378 e. The van der Waals surface area contributed by atoms with E-state index >= 15 is 0 Å². The van der Waals surface area contributed by atoms with Crippen LogP contribution < -0.4 is 5.32 Å². The smallest absolute Gasteiger partial charge is 0.0599 e. The van der Waals surface area contributed by atoms with Crippen molar-refractivity contribution >= 4 is 0 Å². The van der Waals surface area contributed by atoms with Crippen LogP contribution in [0.1, 0.15) is 26.7 Å². The van der Waals surface area contributed by atoms with Crippen molar-refractivity contribution in [1.82, 2.24) is 10.2 Å². The third-order valence-corrected chi connectivity index (χ3v) is 4.11. The molecule has 3 nitrogen and oxygen atoms in total. The third-order valence-electron chi connectivity index (χ3n) is 4.11. The Kier molecular flexibility index (Phi) is 4.62. The minimum absolute atomic E-state index is 0.528. The molecule has 16 heavy (non-hydrogen) atoms. The number of hydrogen-bond donors (Lipinski definition) is 1. The summed E-state index contributed by atoms with van der Waals surface area (Å²) >= 11 is 0. The number of hydrogen-bond acceptors (Lipinski definition) is 3. The molecule has 0 saturated carbocycles. The molecule has 2 saturated heterocycles. The van der Waals surface area contributed by atoms with Gasteiger partial charge < -0.3 is 15.0 Å². The summed E-state index contributed by atoms with van der Waals surface area (Å²) < 4.78 is 5.68. The lowest BCUT2D eigenvalue weighted by molar-refractivity contribution is 0.0105. The van der Waals surface area contributed by atoms with Crippen LogP contribution in [-0.2, 0) is 4.74 Å². The molecule has 2 fully saturated rings. The number of nitrogens with zero attached hydrogens (tertiary/aromatic N) is 1. The monoisotopic (exact) mass is 226 g/mol. The average molecular weight is 226 g/mol. The van der Waals surface area contributed by atoms with Gasteiger partial charge in [-0.3, -0.25) is 0 Å². The van der Waals surface area contributed by atoms with E-state index in [2.05, 4.69) is 24.1 Å². The molecule has 2 heterocycles. The van der Waals surface area contributed by atoms with Crippen molar-refractivity contribution in [3.05, 3.63) is 0 Å². The lowest BCUT2D eigenvalue weighted by Crippen LogP contribution is -2.40. The van der Waals surface area contributed by atoms with Gasteiger partial charge in [-0.1, -0.05) is 6.92 Å². The molecule has 0 spiro atoms. The molecule has 2 atom stereocenters. The number of ether oxygens (including phenoxy) is 1. The van der Waals surface area contributed by atoms with Crippen LogP contribution in [0.15, 0.2) is 0 Å². The van der Waals surface area contributed by atoms with Crippen molar-refractivity contribution in [2.45, 2.75) is 32.8 Å². The van der Waals surface area contributed by atoms with Gasteiger partial charge in [-0.15, -0.1) is 0 Å². The fourth-order valence-electron chi connectivity index (χ4n) is 2.93. The number of likely N-dealkylation sites (tertiary alicyclic amines) is 1. The second-order valence-corrected chi connectivity index (χ2v) is 5.35. The summed E-state index contributed by atoms with van der Waals surface area (Å²) in [6.07, 6.45) is 2.98. The predicted octanol–water partition coefficient (Wildman–Crippen LogP) is 1.34. The van der Waals surface area contributed by atoms with Crippen LogP contribution in [0.5, 0.6) is 0 Å². The van der Waals surface area contributed by atoms with Crippen LogP contribution in [0.2, 0.25) is 0 Å². The first-order valence-corrected chi connectivity index (χ1v) is 6.84. The molecule has 0 amide bonds. The first-order chi connectivity index (χ1) is 7.79. The van der Waals surface area contributed by atoms with Crippen molar-refractivity contribution in [1.29, 1.82) is 0 Å². The van der Waals surface area contributed by atoms with Gasteiger partial charge in [-0.25, -0.2) is 0 Å². The number of piperidine rings is 1. The molecule has 0 bridgehead atoms. The minimum atomic E-state index is 0.528. The molecule has 0 aromatic carbocycles. The van der Waals surface area contributed by atoms with E-state index in [-0.39, 0.29) is 0 Å². The van der Waals surface area contributed by atoms with Crippen molar-refractivity contribution in [2.24, 2.45) is 11.8 Å². The maximum Gasteiger partial charge on any atom is 0.0599 e. The fourth-order valence-corrected chi connectivity index (χ4v) is 2.93. The van der Waals surface area contributed by atoms with E-state index in [0.29, 0.717) is 6.10 Å². The van der Waals surface area contributed by atoms with Crippen LogP contribution in [0, 0.1) is 11.8 Å². The van der Waals surface area contributed by atoms with Crippen LogP contribution >= 0.6 is 0 Å². The van der Waals surface area contributed by atoms with E-state index in [0.717, 1.165) is 18.4 Å². The summed E-state index contributed by atoms with van der Waals surface area (Å²) in [6.45, 7) is 11.5. The van der Waals surface area contributed by atoms with Gasteiger partial charge in [-0.05, 0) is 44.7 Å². The van der Waals surface area contributed by atoms with Gasteiger partial charge in [0.15, 0.2) is 0 Å².